The highest BCUT2D eigenvalue weighted by atomic mass is 35.5. The molecule has 86 valence electrons. The summed E-state index contributed by atoms with van der Waals surface area (Å²) in [5.74, 6) is -1.45. The van der Waals surface area contributed by atoms with Crippen LogP contribution in [0.1, 0.15) is 18.9 Å². The second kappa shape index (κ2) is 4.99. The van der Waals surface area contributed by atoms with Crippen molar-refractivity contribution in [3.05, 3.63) is 35.9 Å². The minimum Gasteiger partial charge on any atom is -0.481 e. The maximum atomic E-state index is 11.0. The quantitative estimate of drug-likeness (QED) is 0.623. The van der Waals surface area contributed by atoms with E-state index in [4.69, 9.17) is 16.7 Å². The molecule has 0 fully saturated rings. The van der Waals surface area contributed by atoms with Crippen LogP contribution in [0.25, 0.3) is 0 Å². The molecule has 0 heterocycles. The van der Waals surface area contributed by atoms with Crippen molar-refractivity contribution >= 4 is 23.5 Å². The summed E-state index contributed by atoms with van der Waals surface area (Å²) in [4.78, 5) is 20.4. The lowest BCUT2D eigenvalue weighted by Gasteiger charge is -2.26. The highest BCUT2D eigenvalue weighted by Gasteiger charge is 2.33. The summed E-state index contributed by atoms with van der Waals surface area (Å²) in [6, 6.07) is 8.60. The van der Waals surface area contributed by atoms with Crippen molar-refractivity contribution in [1.82, 2.24) is 5.32 Å². The standard InChI is InChI=1S/C11H12ClNO3/c1-8(14)13-11(12,7-10(15)16)9-5-3-2-4-6-9/h2-6H,7H2,1H3,(H,13,14)(H,15,16). The number of amides is 1. The van der Waals surface area contributed by atoms with Crippen molar-refractivity contribution in [1.29, 1.82) is 0 Å². The molecule has 1 amide bonds. The molecule has 4 nitrogen and oxygen atoms in total. The van der Waals surface area contributed by atoms with E-state index in [9.17, 15) is 9.59 Å². The Kier molecular flexibility index (Phi) is 3.90. The first-order valence-corrected chi connectivity index (χ1v) is 5.07. The second-order valence-electron chi connectivity index (χ2n) is 3.42. The van der Waals surface area contributed by atoms with Crippen LogP contribution in [0.4, 0.5) is 0 Å². The van der Waals surface area contributed by atoms with E-state index in [0.29, 0.717) is 5.56 Å². The average Bonchev–Trinajstić information content (AvgIpc) is 2.16. The highest BCUT2D eigenvalue weighted by molar-refractivity contribution is 6.25. The molecule has 0 radical (unpaired) electrons. The van der Waals surface area contributed by atoms with Gasteiger partial charge >= 0.3 is 5.97 Å². The number of carbonyl (C=O) groups excluding carboxylic acids is 1. The van der Waals surface area contributed by atoms with Gasteiger partial charge in [0.25, 0.3) is 0 Å². The van der Waals surface area contributed by atoms with E-state index in [0.717, 1.165) is 0 Å². The monoisotopic (exact) mass is 241 g/mol. The fraction of sp³-hybridized carbons (Fsp3) is 0.273. The molecule has 0 saturated carbocycles. The molecule has 0 aliphatic rings. The molecule has 0 aromatic heterocycles. The fourth-order valence-corrected chi connectivity index (χ4v) is 1.78. The molecule has 0 aliphatic heterocycles. The minimum atomic E-state index is -1.39. The number of hydrogen-bond acceptors (Lipinski definition) is 2. The Balaban J connectivity index is 3.04. The van der Waals surface area contributed by atoms with Gasteiger partial charge in [-0.25, -0.2) is 0 Å². The predicted octanol–water partition coefficient (Wildman–Crippen LogP) is 1.69. The largest absolute Gasteiger partial charge is 0.481 e. The van der Waals surface area contributed by atoms with Crippen molar-refractivity contribution in [2.45, 2.75) is 18.3 Å². The van der Waals surface area contributed by atoms with Gasteiger partial charge in [-0.1, -0.05) is 41.9 Å². The highest BCUT2D eigenvalue weighted by Crippen LogP contribution is 2.29. The molecule has 1 aromatic carbocycles. The summed E-state index contributed by atoms with van der Waals surface area (Å²) < 4.78 is 0. The molecule has 16 heavy (non-hydrogen) atoms. The van der Waals surface area contributed by atoms with Crippen molar-refractivity contribution in [3.8, 4) is 0 Å². The van der Waals surface area contributed by atoms with Crippen LogP contribution >= 0.6 is 11.6 Å². The van der Waals surface area contributed by atoms with Gasteiger partial charge in [0.05, 0.1) is 6.42 Å². The normalized spacial score (nSPS) is 13.9. The summed E-state index contributed by atoms with van der Waals surface area (Å²) in [6.07, 6.45) is -0.377. The molecule has 0 bridgehead atoms. The Labute approximate surface area is 98.2 Å². The van der Waals surface area contributed by atoms with Gasteiger partial charge in [-0.05, 0) is 5.56 Å². The summed E-state index contributed by atoms with van der Waals surface area (Å²) in [5, 5.41) is 11.2. The lowest BCUT2D eigenvalue weighted by atomic mass is 10.0. The van der Waals surface area contributed by atoms with E-state index in [1.807, 2.05) is 0 Å². The third-order valence-electron chi connectivity index (χ3n) is 2.00. The molecule has 1 rings (SSSR count). The first kappa shape index (κ1) is 12.5. The van der Waals surface area contributed by atoms with E-state index >= 15 is 0 Å². The number of carboxylic acids is 1. The number of halogens is 1. The number of nitrogens with one attached hydrogen (secondary N) is 1. The molecular weight excluding hydrogens is 230 g/mol. The number of hydrogen-bond donors (Lipinski definition) is 2. The van der Waals surface area contributed by atoms with Crippen LogP contribution in [-0.2, 0) is 14.6 Å². The van der Waals surface area contributed by atoms with Crippen LogP contribution in [0, 0.1) is 0 Å². The molecule has 1 unspecified atom stereocenters. The average molecular weight is 242 g/mol. The van der Waals surface area contributed by atoms with Crippen LogP contribution in [-0.4, -0.2) is 17.0 Å². The van der Waals surface area contributed by atoms with Crippen molar-refractivity contribution < 1.29 is 14.7 Å². The summed E-state index contributed by atoms with van der Waals surface area (Å²) in [6.45, 7) is 1.29. The molecule has 2 N–H and O–H groups in total. The minimum absolute atomic E-state index is 0.375. The van der Waals surface area contributed by atoms with E-state index in [1.54, 1.807) is 30.3 Å². The van der Waals surface area contributed by atoms with Crippen LogP contribution in [0.5, 0.6) is 0 Å². The van der Waals surface area contributed by atoms with Gasteiger partial charge in [0.1, 0.15) is 0 Å². The lowest BCUT2D eigenvalue weighted by Crippen LogP contribution is -2.41. The molecule has 5 heteroatoms. The summed E-state index contributed by atoms with van der Waals surface area (Å²) >= 11 is 6.14. The molecule has 0 saturated heterocycles. The topological polar surface area (TPSA) is 66.4 Å². The number of carbonyl (C=O) groups is 2. The number of carboxylic acid groups (broad SMARTS) is 1. The van der Waals surface area contributed by atoms with Crippen molar-refractivity contribution in [2.75, 3.05) is 0 Å². The Morgan fingerprint density at radius 1 is 1.38 bits per heavy atom. The Bertz CT molecular complexity index is 375. The first-order valence-electron chi connectivity index (χ1n) is 4.69. The number of benzene rings is 1. The van der Waals surface area contributed by atoms with Gasteiger partial charge in [0, 0.05) is 6.92 Å². The van der Waals surface area contributed by atoms with Gasteiger partial charge in [0.2, 0.25) is 5.91 Å². The lowest BCUT2D eigenvalue weighted by molar-refractivity contribution is -0.138. The summed E-state index contributed by atoms with van der Waals surface area (Å²) in [7, 11) is 0. The van der Waals surface area contributed by atoms with Crippen molar-refractivity contribution in [3.63, 3.8) is 0 Å². The maximum Gasteiger partial charge on any atom is 0.307 e. The number of alkyl halides is 1. The second-order valence-corrected chi connectivity index (χ2v) is 4.06. The predicted molar refractivity (Wildman–Crippen MR) is 60.0 cm³/mol. The molecular formula is C11H12ClNO3. The van der Waals surface area contributed by atoms with Gasteiger partial charge in [-0.15, -0.1) is 0 Å². The third-order valence-corrected chi connectivity index (χ3v) is 2.45. The maximum absolute atomic E-state index is 11.0. The van der Waals surface area contributed by atoms with Crippen LogP contribution in [0.3, 0.4) is 0 Å². The van der Waals surface area contributed by atoms with E-state index in [1.165, 1.54) is 6.92 Å². The number of aliphatic carboxylic acids is 1. The summed E-state index contributed by atoms with van der Waals surface area (Å²) in [5.41, 5.74) is 0.550. The molecule has 0 aliphatic carbocycles. The van der Waals surface area contributed by atoms with Gasteiger partial charge in [-0.2, -0.15) is 0 Å². The molecule has 1 atom stereocenters. The SMILES string of the molecule is CC(=O)NC(Cl)(CC(=O)O)c1ccccc1. The number of rotatable bonds is 4. The van der Waals surface area contributed by atoms with Crippen LogP contribution in [0.2, 0.25) is 0 Å². The third kappa shape index (κ3) is 3.24. The van der Waals surface area contributed by atoms with E-state index in [2.05, 4.69) is 5.32 Å². The Morgan fingerprint density at radius 2 is 1.94 bits per heavy atom. The van der Waals surface area contributed by atoms with Crippen molar-refractivity contribution in [2.24, 2.45) is 0 Å². The molecule has 1 aromatic rings. The first-order chi connectivity index (χ1) is 7.44. The Hall–Kier alpha value is -1.55. The smallest absolute Gasteiger partial charge is 0.307 e. The van der Waals surface area contributed by atoms with Crippen LogP contribution in [0.15, 0.2) is 30.3 Å². The zero-order valence-electron chi connectivity index (χ0n) is 8.74. The zero-order valence-corrected chi connectivity index (χ0v) is 9.49. The van der Waals surface area contributed by atoms with Gasteiger partial charge in [-0.3, -0.25) is 9.59 Å². The zero-order chi connectivity index (χ0) is 12.2. The fourth-order valence-electron chi connectivity index (χ4n) is 1.41. The van der Waals surface area contributed by atoms with Crippen LogP contribution < -0.4 is 5.32 Å². The molecule has 0 spiro atoms. The Morgan fingerprint density at radius 3 is 2.38 bits per heavy atom. The van der Waals surface area contributed by atoms with Gasteiger partial charge < -0.3 is 10.4 Å². The van der Waals surface area contributed by atoms with Gasteiger partial charge in [0.15, 0.2) is 5.00 Å². The van der Waals surface area contributed by atoms with E-state index < -0.39 is 11.0 Å². The van der Waals surface area contributed by atoms with E-state index in [-0.39, 0.29) is 12.3 Å².